The number of amides is 1. The first-order chi connectivity index (χ1) is 10.2. The number of hydrogen-bond acceptors (Lipinski definition) is 4. The predicted molar refractivity (Wildman–Crippen MR) is 89.0 cm³/mol. The van der Waals surface area contributed by atoms with Crippen LogP contribution in [0.4, 0.5) is 4.79 Å². The van der Waals surface area contributed by atoms with E-state index in [9.17, 15) is 4.79 Å². The fourth-order valence-electron chi connectivity index (χ4n) is 2.70. The molecule has 0 spiro atoms. The molecule has 1 unspecified atom stereocenters. The highest BCUT2D eigenvalue weighted by molar-refractivity contribution is 5.67. The maximum atomic E-state index is 11.8. The van der Waals surface area contributed by atoms with Gasteiger partial charge < -0.3 is 19.7 Å². The molecule has 5 heteroatoms. The van der Waals surface area contributed by atoms with Gasteiger partial charge in [0, 0.05) is 33.3 Å². The Morgan fingerprint density at radius 2 is 1.86 bits per heavy atom. The van der Waals surface area contributed by atoms with E-state index in [0.717, 1.165) is 32.5 Å². The third-order valence-electron chi connectivity index (χ3n) is 4.21. The second-order valence-electron chi connectivity index (χ2n) is 7.62. The van der Waals surface area contributed by atoms with Crippen molar-refractivity contribution >= 4 is 6.09 Å². The van der Waals surface area contributed by atoms with E-state index in [1.807, 2.05) is 20.8 Å². The molecular weight excluding hydrogens is 280 g/mol. The quantitative estimate of drug-likeness (QED) is 0.819. The van der Waals surface area contributed by atoms with Crippen LogP contribution in [-0.4, -0.2) is 56.0 Å². The Labute approximate surface area is 135 Å². The van der Waals surface area contributed by atoms with Gasteiger partial charge >= 0.3 is 6.09 Å². The number of piperidine rings is 1. The van der Waals surface area contributed by atoms with E-state index in [1.165, 1.54) is 0 Å². The van der Waals surface area contributed by atoms with Crippen molar-refractivity contribution in [1.82, 2.24) is 10.2 Å². The normalized spacial score (nSPS) is 19.2. The zero-order chi connectivity index (χ0) is 16.8. The molecule has 5 nitrogen and oxygen atoms in total. The summed E-state index contributed by atoms with van der Waals surface area (Å²) in [5.41, 5.74) is -0.445. The van der Waals surface area contributed by atoms with Gasteiger partial charge in [0.15, 0.2) is 0 Å². The summed E-state index contributed by atoms with van der Waals surface area (Å²) in [5, 5.41) is 2.92. The minimum atomic E-state index is -0.445. The average Bonchev–Trinajstić information content (AvgIpc) is 2.41. The van der Waals surface area contributed by atoms with Crippen LogP contribution < -0.4 is 5.32 Å². The van der Waals surface area contributed by atoms with Crippen LogP contribution in [-0.2, 0) is 9.47 Å². The van der Waals surface area contributed by atoms with Gasteiger partial charge in [-0.1, -0.05) is 13.8 Å². The fraction of sp³-hybridized carbons (Fsp3) is 0.941. The van der Waals surface area contributed by atoms with Crippen molar-refractivity contribution in [1.29, 1.82) is 0 Å². The van der Waals surface area contributed by atoms with Gasteiger partial charge in [0.05, 0.1) is 6.10 Å². The van der Waals surface area contributed by atoms with Crippen LogP contribution in [0.2, 0.25) is 0 Å². The molecule has 1 saturated heterocycles. The Morgan fingerprint density at radius 3 is 2.32 bits per heavy atom. The van der Waals surface area contributed by atoms with Crippen LogP contribution in [0.25, 0.3) is 0 Å². The van der Waals surface area contributed by atoms with Gasteiger partial charge in [-0.05, 0) is 45.4 Å². The Kier molecular flexibility index (Phi) is 7.63. The second kappa shape index (κ2) is 8.73. The number of hydrogen-bond donors (Lipinski definition) is 1. The lowest BCUT2D eigenvalue weighted by Gasteiger charge is -2.35. The number of carbonyl (C=O) groups excluding carboxylic acids is 1. The van der Waals surface area contributed by atoms with Crippen LogP contribution in [0.15, 0.2) is 0 Å². The monoisotopic (exact) mass is 314 g/mol. The van der Waals surface area contributed by atoms with Gasteiger partial charge in [-0.3, -0.25) is 0 Å². The Hall–Kier alpha value is -0.810. The van der Waals surface area contributed by atoms with E-state index in [0.29, 0.717) is 24.5 Å². The van der Waals surface area contributed by atoms with Gasteiger partial charge in [0.2, 0.25) is 0 Å². The van der Waals surface area contributed by atoms with E-state index in [1.54, 1.807) is 7.11 Å². The first-order valence-electron chi connectivity index (χ1n) is 8.43. The van der Waals surface area contributed by atoms with Gasteiger partial charge in [-0.2, -0.15) is 0 Å². The van der Waals surface area contributed by atoms with Crippen molar-refractivity contribution in [3.05, 3.63) is 0 Å². The number of rotatable bonds is 6. The Balaban J connectivity index is 2.38. The molecule has 0 bridgehead atoms. The Bertz CT molecular complexity index is 331. The summed E-state index contributed by atoms with van der Waals surface area (Å²) in [4.78, 5) is 14.3. The highest BCUT2D eigenvalue weighted by Gasteiger charge is 2.24. The third kappa shape index (κ3) is 7.45. The van der Waals surface area contributed by atoms with Crippen molar-refractivity contribution < 1.29 is 14.3 Å². The van der Waals surface area contributed by atoms with Crippen molar-refractivity contribution in [2.24, 2.45) is 11.8 Å². The fourth-order valence-corrected chi connectivity index (χ4v) is 2.70. The van der Waals surface area contributed by atoms with E-state index in [4.69, 9.17) is 9.47 Å². The van der Waals surface area contributed by atoms with Gasteiger partial charge in [-0.25, -0.2) is 4.79 Å². The van der Waals surface area contributed by atoms with Crippen molar-refractivity contribution in [2.45, 2.75) is 59.2 Å². The molecule has 0 aliphatic carbocycles. The summed E-state index contributed by atoms with van der Waals surface area (Å²) < 4.78 is 10.7. The van der Waals surface area contributed by atoms with Crippen molar-refractivity contribution in [2.75, 3.05) is 33.3 Å². The van der Waals surface area contributed by atoms with E-state index >= 15 is 0 Å². The average molecular weight is 314 g/mol. The minimum absolute atomic E-state index is 0.323. The lowest BCUT2D eigenvalue weighted by molar-refractivity contribution is 0.0327. The SMILES string of the molecule is COC1CCN(CC(CNC(=O)OC(C)(C)C)C(C)C)CC1. The van der Waals surface area contributed by atoms with Crippen molar-refractivity contribution in [3.63, 3.8) is 0 Å². The molecule has 130 valence electrons. The lowest BCUT2D eigenvalue weighted by Crippen LogP contribution is -2.44. The van der Waals surface area contributed by atoms with E-state index in [2.05, 4.69) is 24.1 Å². The molecule has 0 radical (unpaired) electrons. The van der Waals surface area contributed by atoms with Crippen LogP contribution >= 0.6 is 0 Å². The highest BCUT2D eigenvalue weighted by Crippen LogP contribution is 2.18. The largest absolute Gasteiger partial charge is 0.444 e. The number of methoxy groups -OCH3 is 1. The molecule has 0 aromatic heterocycles. The summed E-state index contributed by atoms with van der Waals surface area (Å²) in [6.45, 7) is 13.9. The topological polar surface area (TPSA) is 50.8 Å². The number of ether oxygens (including phenoxy) is 2. The first-order valence-corrected chi connectivity index (χ1v) is 8.43. The molecule has 1 N–H and O–H groups in total. The summed E-state index contributed by atoms with van der Waals surface area (Å²) in [7, 11) is 1.79. The minimum Gasteiger partial charge on any atom is -0.444 e. The predicted octanol–water partition coefficient (Wildman–Crippen LogP) is 2.89. The summed E-state index contributed by atoms with van der Waals surface area (Å²) in [6, 6.07) is 0. The molecule has 1 atom stereocenters. The summed E-state index contributed by atoms with van der Waals surface area (Å²) in [6.07, 6.45) is 2.28. The summed E-state index contributed by atoms with van der Waals surface area (Å²) >= 11 is 0. The number of likely N-dealkylation sites (tertiary alicyclic amines) is 1. The number of nitrogens with one attached hydrogen (secondary N) is 1. The van der Waals surface area contributed by atoms with Gasteiger partial charge in [0.25, 0.3) is 0 Å². The molecule has 1 amide bonds. The van der Waals surface area contributed by atoms with Crippen molar-refractivity contribution in [3.8, 4) is 0 Å². The van der Waals surface area contributed by atoms with Crippen LogP contribution in [0.3, 0.4) is 0 Å². The summed E-state index contributed by atoms with van der Waals surface area (Å²) in [5.74, 6) is 0.960. The number of nitrogens with zero attached hydrogens (tertiary/aromatic N) is 1. The molecular formula is C17H34N2O3. The number of alkyl carbamates (subject to hydrolysis) is 1. The first kappa shape index (κ1) is 19.2. The maximum Gasteiger partial charge on any atom is 0.407 e. The molecule has 0 saturated carbocycles. The zero-order valence-corrected chi connectivity index (χ0v) is 15.1. The lowest BCUT2D eigenvalue weighted by atomic mass is 9.94. The zero-order valence-electron chi connectivity index (χ0n) is 15.1. The number of carbonyl (C=O) groups is 1. The standard InChI is InChI=1S/C17H34N2O3/c1-13(2)14(11-18-16(20)22-17(3,4)5)12-19-9-7-15(21-6)8-10-19/h13-15H,7-12H2,1-6H3,(H,18,20). The van der Waals surface area contributed by atoms with Gasteiger partial charge in [-0.15, -0.1) is 0 Å². The highest BCUT2D eigenvalue weighted by atomic mass is 16.6. The maximum absolute atomic E-state index is 11.8. The van der Waals surface area contributed by atoms with E-state index in [-0.39, 0.29) is 6.09 Å². The molecule has 0 aromatic carbocycles. The molecule has 22 heavy (non-hydrogen) atoms. The molecule has 1 aliphatic rings. The molecule has 0 aromatic rings. The third-order valence-corrected chi connectivity index (χ3v) is 4.21. The van der Waals surface area contributed by atoms with E-state index < -0.39 is 5.60 Å². The molecule has 1 heterocycles. The van der Waals surface area contributed by atoms with Crippen LogP contribution in [0.1, 0.15) is 47.5 Å². The molecule has 1 aliphatic heterocycles. The Morgan fingerprint density at radius 1 is 1.27 bits per heavy atom. The smallest absolute Gasteiger partial charge is 0.407 e. The van der Waals surface area contributed by atoms with Crippen LogP contribution in [0.5, 0.6) is 0 Å². The molecule has 1 rings (SSSR count). The van der Waals surface area contributed by atoms with Crippen LogP contribution in [0, 0.1) is 11.8 Å². The van der Waals surface area contributed by atoms with Gasteiger partial charge in [0.1, 0.15) is 5.60 Å². The second-order valence-corrected chi connectivity index (χ2v) is 7.62. The molecule has 1 fully saturated rings.